The molecule has 3 N–H and O–H groups in total. The third-order valence-corrected chi connectivity index (χ3v) is 3.49. The van der Waals surface area contributed by atoms with E-state index in [2.05, 4.69) is 10.6 Å². The number of ether oxygens (including phenoxy) is 1. The highest BCUT2D eigenvalue weighted by molar-refractivity contribution is 5.73. The Morgan fingerprint density at radius 2 is 1.39 bits per heavy atom. The van der Waals surface area contributed by atoms with E-state index < -0.39 is 0 Å². The molecule has 2 aromatic carbocycles. The number of methoxy groups -OCH3 is 1. The van der Waals surface area contributed by atoms with Gasteiger partial charge in [0.05, 0.1) is 7.11 Å². The summed E-state index contributed by atoms with van der Waals surface area (Å²) in [5.74, 6) is 1.08. The average molecular weight is 314 g/mol. The molecule has 0 aliphatic heterocycles. The molecule has 23 heavy (non-hydrogen) atoms. The zero-order valence-electron chi connectivity index (χ0n) is 13.2. The molecule has 2 rings (SSSR count). The average Bonchev–Trinajstić information content (AvgIpc) is 2.57. The summed E-state index contributed by atoms with van der Waals surface area (Å²) in [6.07, 6.45) is 1.50. The first-order chi connectivity index (χ1) is 11.2. The van der Waals surface area contributed by atoms with Gasteiger partial charge in [-0.15, -0.1) is 0 Å². The maximum atomic E-state index is 11.7. The number of urea groups is 1. The molecule has 0 spiro atoms. The van der Waals surface area contributed by atoms with Crippen LogP contribution in [0.1, 0.15) is 11.1 Å². The Morgan fingerprint density at radius 1 is 0.913 bits per heavy atom. The van der Waals surface area contributed by atoms with Crippen molar-refractivity contribution in [2.75, 3.05) is 20.2 Å². The zero-order chi connectivity index (χ0) is 16.5. The number of aromatic hydroxyl groups is 1. The van der Waals surface area contributed by atoms with Gasteiger partial charge in [-0.1, -0.05) is 24.3 Å². The molecule has 0 aliphatic rings. The van der Waals surface area contributed by atoms with Gasteiger partial charge in [-0.2, -0.15) is 0 Å². The molecule has 0 fully saturated rings. The van der Waals surface area contributed by atoms with E-state index in [0.717, 1.165) is 29.7 Å². The van der Waals surface area contributed by atoms with Crippen LogP contribution in [0.2, 0.25) is 0 Å². The lowest BCUT2D eigenvalue weighted by atomic mass is 10.1. The minimum Gasteiger partial charge on any atom is -0.508 e. The third-order valence-electron chi connectivity index (χ3n) is 3.49. The molecule has 0 saturated heterocycles. The molecule has 122 valence electrons. The first-order valence-corrected chi connectivity index (χ1v) is 7.60. The third kappa shape index (κ3) is 5.90. The van der Waals surface area contributed by atoms with Crippen molar-refractivity contribution in [1.82, 2.24) is 10.6 Å². The maximum Gasteiger partial charge on any atom is 0.314 e. The Kier molecular flexibility index (Phi) is 6.29. The maximum absolute atomic E-state index is 11.7. The Labute approximate surface area is 136 Å². The molecular weight excluding hydrogens is 292 g/mol. The number of nitrogens with one attached hydrogen (secondary N) is 2. The van der Waals surface area contributed by atoms with Crippen molar-refractivity contribution < 1.29 is 14.6 Å². The summed E-state index contributed by atoms with van der Waals surface area (Å²) in [4.78, 5) is 11.7. The van der Waals surface area contributed by atoms with E-state index in [0.29, 0.717) is 13.1 Å². The Bertz CT molecular complexity index is 609. The number of carbonyl (C=O) groups is 1. The van der Waals surface area contributed by atoms with Crippen LogP contribution >= 0.6 is 0 Å². The topological polar surface area (TPSA) is 70.6 Å². The molecule has 0 aromatic heterocycles. The van der Waals surface area contributed by atoms with Crippen LogP contribution in [0.3, 0.4) is 0 Å². The van der Waals surface area contributed by atoms with E-state index in [1.165, 1.54) is 0 Å². The highest BCUT2D eigenvalue weighted by atomic mass is 16.5. The highest BCUT2D eigenvalue weighted by Gasteiger charge is 2.01. The molecule has 5 heteroatoms. The van der Waals surface area contributed by atoms with Crippen molar-refractivity contribution in [3.63, 3.8) is 0 Å². The monoisotopic (exact) mass is 314 g/mol. The number of hydrogen-bond donors (Lipinski definition) is 3. The van der Waals surface area contributed by atoms with Gasteiger partial charge in [0, 0.05) is 13.1 Å². The van der Waals surface area contributed by atoms with Crippen LogP contribution in [0, 0.1) is 0 Å². The Balaban J connectivity index is 1.62. The lowest BCUT2D eigenvalue weighted by Gasteiger charge is -2.08. The fourth-order valence-corrected chi connectivity index (χ4v) is 2.16. The van der Waals surface area contributed by atoms with Crippen LogP contribution in [0.25, 0.3) is 0 Å². The standard InChI is InChI=1S/C18H22N2O3/c1-23-17-8-4-15(5-9-17)11-13-20-18(22)19-12-10-14-2-6-16(21)7-3-14/h2-9,21H,10-13H2,1H3,(H2,19,20,22). The predicted octanol–water partition coefficient (Wildman–Crippen LogP) is 2.49. The van der Waals surface area contributed by atoms with Gasteiger partial charge in [-0.05, 0) is 48.2 Å². The van der Waals surface area contributed by atoms with E-state index in [-0.39, 0.29) is 11.8 Å². The number of rotatable bonds is 7. The summed E-state index contributed by atoms with van der Waals surface area (Å²) in [6.45, 7) is 1.14. The fourth-order valence-electron chi connectivity index (χ4n) is 2.16. The zero-order valence-corrected chi connectivity index (χ0v) is 13.2. The van der Waals surface area contributed by atoms with E-state index in [9.17, 15) is 9.90 Å². The van der Waals surface area contributed by atoms with Gasteiger partial charge in [0.1, 0.15) is 11.5 Å². The van der Waals surface area contributed by atoms with Crippen molar-refractivity contribution in [3.05, 3.63) is 59.7 Å². The SMILES string of the molecule is COc1ccc(CCNC(=O)NCCc2ccc(O)cc2)cc1. The number of phenols is 1. The molecule has 0 saturated carbocycles. The van der Waals surface area contributed by atoms with E-state index >= 15 is 0 Å². The molecule has 2 amide bonds. The van der Waals surface area contributed by atoms with Gasteiger partial charge in [0.15, 0.2) is 0 Å². The summed E-state index contributed by atoms with van der Waals surface area (Å²) in [5, 5.41) is 14.9. The fraction of sp³-hybridized carbons (Fsp3) is 0.278. The normalized spacial score (nSPS) is 10.1. The lowest BCUT2D eigenvalue weighted by molar-refractivity contribution is 0.241. The minimum atomic E-state index is -0.169. The van der Waals surface area contributed by atoms with Crippen molar-refractivity contribution >= 4 is 6.03 Å². The minimum absolute atomic E-state index is 0.169. The first-order valence-electron chi connectivity index (χ1n) is 7.60. The van der Waals surface area contributed by atoms with Gasteiger partial charge >= 0.3 is 6.03 Å². The molecule has 5 nitrogen and oxygen atoms in total. The molecule has 2 aromatic rings. The number of hydrogen-bond acceptors (Lipinski definition) is 3. The molecule has 0 atom stereocenters. The van der Waals surface area contributed by atoms with E-state index in [4.69, 9.17) is 4.74 Å². The Hall–Kier alpha value is -2.69. The van der Waals surface area contributed by atoms with Gasteiger partial charge < -0.3 is 20.5 Å². The molecule has 0 unspecified atom stereocenters. The number of phenolic OH excluding ortho intramolecular Hbond substituents is 1. The summed E-state index contributed by atoms with van der Waals surface area (Å²) in [7, 11) is 1.64. The second kappa shape index (κ2) is 8.68. The molecular formula is C18H22N2O3. The summed E-state index contributed by atoms with van der Waals surface area (Å²) in [6, 6.07) is 14.6. The second-order valence-electron chi connectivity index (χ2n) is 5.20. The first kappa shape index (κ1) is 16.7. The van der Waals surface area contributed by atoms with Crippen LogP contribution in [-0.2, 0) is 12.8 Å². The van der Waals surface area contributed by atoms with E-state index in [1.807, 2.05) is 36.4 Å². The number of benzene rings is 2. The van der Waals surface area contributed by atoms with Crippen LogP contribution in [0.15, 0.2) is 48.5 Å². The van der Waals surface area contributed by atoms with Crippen LogP contribution in [0.5, 0.6) is 11.5 Å². The van der Waals surface area contributed by atoms with Crippen molar-refractivity contribution in [1.29, 1.82) is 0 Å². The van der Waals surface area contributed by atoms with Crippen LogP contribution in [-0.4, -0.2) is 31.3 Å². The molecule has 0 aliphatic carbocycles. The lowest BCUT2D eigenvalue weighted by Crippen LogP contribution is -2.37. The van der Waals surface area contributed by atoms with E-state index in [1.54, 1.807) is 19.2 Å². The Morgan fingerprint density at radius 3 is 1.87 bits per heavy atom. The van der Waals surface area contributed by atoms with Gasteiger partial charge in [-0.25, -0.2) is 4.79 Å². The highest BCUT2D eigenvalue weighted by Crippen LogP contribution is 2.11. The number of carbonyl (C=O) groups excluding carboxylic acids is 1. The quantitative estimate of drug-likeness (QED) is 0.735. The second-order valence-corrected chi connectivity index (χ2v) is 5.20. The summed E-state index contributed by atoms with van der Waals surface area (Å²) in [5.41, 5.74) is 2.22. The van der Waals surface area contributed by atoms with Gasteiger partial charge in [0.25, 0.3) is 0 Å². The van der Waals surface area contributed by atoms with Crippen molar-refractivity contribution in [2.45, 2.75) is 12.8 Å². The van der Waals surface area contributed by atoms with Crippen molar-refractivity contribution in [2.24, 2.45) is 0 Å². The smallest absolute Gasteiger partial charge is 0.314 e. The van der Waals surface area contributed by atoms with Crippen LogP contribution < -0.4 is 15.4 Å². The molecule has 0 bridgehead atoms. The van der Waals surface area contributed by atoms with Gasteiger partial charge in [-0.3, -0.25) is 0 Å². The number of amides is 2. The van der Waals surface area contributed by atoms with Crippen LogP contribution in [0.4, 0.5) is 4.79 Å². The van der Waals surface area contributed by atoms with Gasteiger partial charge in [0.2, 0.25) is 0 Å². The summed E-state index contributed by atoms with van der Waals surface area (Å²) >= 11 is 0. The molecule has 0 radical (unpaired) electrons. The molecule has 0 heterocycles. The summed E-state index contributed by atoms with van der Waals surface area (Å²) < 4.78 is 5.11. The van der Waals surface area contributed by atoms with Crippen molar-refractivity contribution in [3.8, 4) is 11.5 Å². The largest absolute Gasteiger partial charge is 0.508 e. The predicted molar refractivity (Wildman–Crippen MR) is 89.9 cm³/mol.